The fourth-order valence-electron chi connectivity index (χ4n) is 1.81. The summed E-state index contributed by atoms with van der Waals surface area (Å²) in [5.41, 5.74) is 8.89. The van der Waals surface area contributed by atoms with Crippen LogP contribution in [-0.2, 0) is 4.79 Å². The molecule has 1 aromatic carbocycles. The number of aryl methyl sites for hydroxylation is 1. The van der Waals surface area contributed by atoms with Crippen LogP contribution in [0.5, 0.6) is 0 Å². The van der Waals surface area contributed by atoms with Gasteiger partial charge in [0.25, 0.3) is 0 Å². The first kappa shape index (κ1) is 15.3. The fraction of sp³-hybridized carbons (Fsp3) is 0.250. The van der Waals surface area contributed by atoms with Crippen molar-refractivity contribution in [2.45, 2.75) is 26.7 Å². The molecule has 2 rings (SSSR count). The second-order valence-electron chi connectivity index (χ2n) is 5.16. The molecule has 110 valence electrons. The average molecular weight is 301 g/mol. The molecule has 1 aromatic heterocycles. The summed E-state index contributed by atoms with van der Waals surface area (Å²) in [5, 5.41) is 3.93. The predicted molar refractivity (Wildman–Crippen MR) is 89.5 cm³/mol. The van der Waals surface area contributed by atoms with Crippen LogP contribution < -0.4 is 11.1 Å². The zero-order chi connectivity index (χ0) is 15.4. The lowest BCUT2D eigenvalue weighted by molar-refractivity contribution is -0.111. The first-order valence-electron chi connectivity index (χ1n) is 6.77. The Morgan fingerprint density at radius 2 is 2.00 bits per heavy atom. The minimum Gasteiger partial charge on any atom is -0.389 e. The van der Waals surface area contributed by atoms with E-state index in [-0.39, 0.29) is 11.8 Å². The number of nitrogens with zero attached hydrogens (tertiary/aromatic N) is 1. The van der Waals surface area contributed by atoms with Crippen LogP contribution in [0.25, 0.3) is 6.08 Å². The number of nitrogens with one attached hydrogen (secondary N) is 1. The van der Waals surface area contributed by atoms with Crippen LogP contribution in [0.1, 0.15) is 36.6 Å². The Hall–Kier alpha value is -2.14. The number of benzene rings is 1. The molecule has 0 aliphatic rings. The van der Waals surface area contributed by atoms with E-state index in [2.05, 4.69) is 10.3 Å². The Morgan fingerprint density at radius 1 is 1.33 bits per heavy atom. The van der Waals surface area contributed by atoms with Crippen molar-refractivity contribution in [1.29, 1.82) is 0 Å². The van der Waals surface area contributed by atoms with Crippen molar-refractivity contribution in [2.24, 2.45) is 0 Å². The minimum atomic E-state index is -0.209. The molecule has 1 heterocycles. The maximum atomic E-state index is 11.9. The van der Waals surface area contributed by atoms with Gasteiger partial charge in [-0.3, -0.25) is 10.1 Å². The second kappa shape index (κ2) is 6.54. The lowest BCUT2D eigenvalue weighted by Crippen LogP contribution is -2.07. The highest BCUT2D eigenvalue weighted by atomic mass is 32.1. The van der Waals surface area contributed by atoms with Crippen molar-refractivity contribution < 1.29 is 4.79 Å². The van der Waals surface area contributed by atoms with E-state index in [9.17, 15) is 4.79 Å². The maximum Gasteiger partial charge on any atom is 0.250 e. The lowest BCUT2D eigenvalue weighted by atomic mass is 10.1. The molecule has 0 fully saturated rings. The molecule has 2 aromatic rings. The average Bonchev–Trinajstić information content (AvgIpc) is 2.79. The summed E-state index contributed by atoms with van der Waals surface area (Å²) in [7, 11) is 0. The normalized spacial score (nSPS) is 11.2. The number of thiazole rings is 1. The van der Waals surface area contributed by atoms with Gasteiger partial charge in [0.15, 0.2) is 5.13 Å². The Labute approximate surface area is 128 Å². The number of aromatic nitrogens is 1. The Balaban J connectivity index is 2.01. The molecule has 0 aliphatic carbocycles. The molecular formula is C16H19N3OS. The van der Waals surface area contributed by atoms with Crippen LogP contribution in [0, 0.1) is 6.92 Å². The molecule has 3 N–H and O–H groups in total. The Morgan fingerprint density at radius 3 is 2.57 bits per heavy atom. The monoisotopic (exact) mass is 301 g/mol. The second-order valence-corrected chi connectivity index (χ2v) is 6.19. The Bertz CT molecular complexity index is 657. The molecular weight excluding hydrogens is 282 g/mol. The van der Waals surface area contributed by atoms with E-state index in [1.807, 2.05) is 45.0 Å². The molecule has 0 atom stereocenters. The van der Waals surface area contributed by atoms with Gasteiger partial charge in [0.2, 0.25) is 5.91 Å². The van der Waals surface area contributed by atoms with E-state index in [0.717, 1.165) is 11.3 Å². The van der Waals surface area contributed by atoms with Gasteiger partial charge in [0.1, 0.15) is 5.00 Å². The van der Waals surface area contributed by atoms with Crippen LogP contribution in [0.3, 0.4) is 0 Å². The molecule has 0 saturated carbocycles. The highest BCUT2D eigenvalue weighted by Gasteiger charge is 2.12. The van der Waals surface area contributed by atoms with E-state index >= 15 is 0 Å². The topological polar surface area (TPSA) is 68.0 Å². The van der Waals surface area contributed by atoms with E-state index in [1.54, 1.807) is 6.08 Å². The molecule has 5 heteroatoms. The van der Waals surface area contributed by atoms with Gasteiger partial charge in [-0.15, -0.1) is 0 Å². The third-order valence-electron chi connectivity index (χ3n) is 2.96. The van der Waals surface area contributed by atoms with Crippen molar-refractivity contribution in [3.63, 3.8) is 0 Å². The van der Waals surface area contributed by atoms with Gasteiger partial charge in [-0.25, -0.2) is 4.98 Å². The predicted octanol–water partition coefficient (Wildman–Crippen LogP) is 3.81. The highest BCUT2D eigenvalue weighted by Crippen LogP contribution is 2.30. The van der Waals surface area contributed by atoms with Gasteiger partial charge in [-0.1, -0.05) is 55.0 Å². The largest absolute Gasteiger partial charge is 0.389 e. The molecule has 0 bridgehead atoms. The summed E-state index contributed by atoms with van der Waals surface area (Å²) in [6, 6.07) is 7.96. The number of rotatable bonds is 4. The van der Waals surface area contributed by atoms with Crippen LogP contribution in [0.15, 0.2) is 30.3 Å². The molecule has 0 saturated heterocycles. The molecule has 0 aliphatic heterocycles. The van der Waals surface area contributed by atoms with Crippen molar-refractivity contribution in [1.82, 2.24) is 4.98 Å². The SMILES string of the molecule is Cc1ccc(/C=C/C(=O)Nc2nc(C(C)C)c(N)s2)cc1. The number of carbonyl (C=O) groups excluding carboxylic acids is 1. The van der Waals surface area contributed by atoms with Gasteiger partial charge in [-0.05, 0) is 24.5 Å². The van der Waals surface area contributed by atoms with E-state index in [0.29, 0.717) is 10.1 Å². The first-order chi connectivity index (χ1) is 9.95. The smallest absolute Gasteiger partial charge is 0.250 e. The van der Waals surface area contributed by atoms with E-state index in [4.69, 9.17) is 5.73 Å². The third kappa shape index (κ3) is 4.16. The van der Waals surface area contributed by atoms with Crippen LogP contribution in [0.2, 0.25) is 0 Å². The van der Waals surface area contributed by atoms with Gasteiger partial charge in [-0.2, -0.15) is 0 Å². The summed E-state index contributed by atoms with van der Waals surface area (Å²) in [4.78, 5) is 16.2. The number of amides is 1. The summed E-state index contributed by atoms with van der Waals surface area (Å²) in [5.74, 6) is 0.0367. The zero-order valence-electron chi connectivity index (χ0n) is 12.4. The number of anilines is 2. The van der Waals surface area contributed by atoms with Gasteiger partial charge < -0.3 is 5.73 Å². The number of carbonyl (C=O) groups is 1. The fourth-order valence-corrected chi connectivity index (χ4v) is 2.70. The maximum absolute atomic E-state index is 11.9. The molecule has 0 radical (unpaired) electrons. The van der Waals surface area contributed by atoms with Gasteiger partial charge in [0, 0.05) is 6.08 Å². The standard InChI is InChI=1S/C16H19N3OS/c1-10(2)14-15(17)21-16(19-14)18-13(20)9-8-12-6-4-11(3)5-7-12/h4-10H,17H2,1-3H3,(H,18,19,20)/b9-8+. The number of nitrogens with two attached hydrogens (primary N) is 1. The van der Waals surface area contributed by atoms with Crippen molar-refractivity contribution in [3.8, 4) is 0 Å². The highest BCUT2D eigenvalue weighted by molar-refractivity contribution is 7.19. The van der Waals surface area contributed by atoms with Crippen LogP contribution in [0.4, 0.5) is 10.1 Å². The van der Waals surface area contributed by atoms with Crippen LogP contribution in [-0.4, -0.2) is 10.9 Å². The van der Waals surface area contributed by atoms with Gasteiger partial charge in [0.05, 0.1) is 5.69 Å². The number of nitrogen functional groups attached to an aromatic ring is 1. The number of hydrogen-bond acceptors (Lipinski definition) is 4. The van der Waals surface area contributed by atoms with Gasteiger partial charge >= 0.3 is 0 Å². The van der Waals surface area contributed by atoms with Crippen molar-refractivity contribution >= 4 is 33.5 Å². The summed E-state index contributed by atoms with van der Waals surface area (Å²) < 4.78 is 0. The van der Waals surface area contributed by atoms with E-state index in [1.165, 1.54) is 23.0 Å². The minimum absolute atomic E-state index is 0.209. The van der Waals surface area contributed by atoms with Crippen molar-refractivity contribution in [2.75, 3.05) is 11.1 Å². The summed E-state index contributed by atoms with van der Waals surface area (Å²) in [6.45, 7) is 6.07. The molecule has 0 unspecified atom stereocenters. The molecule has 0 spiro atoms. The quantitative estimate of drug-likeness (QED) is 0.844. The molecule has 21 heavy (non-hydrogen) atoms. The van der Waals surface area contributed by atoms with Crippen molar-refractivity contribution in [3.05, 3.63) is 47.2 Å². The zero-order valence-corrected chi connectivity index (χ0v) is 13.2. The number of hydrogen-bond donors (Lipinski definition) is 2. The first-order valence-corrected chi connectivity index (χ1v) is 7.59. The molecule has 1 amide bonds. The third-order valence-corrected chi connectivity index (χ3v) is 3.78. The molecule has 4 nitrogen and oxygen atoms in total. The summed E-state index contributed by atoms with van der Waals surface area (Å²) in [6.07, 6.45) is 3.27. The lowest BCUT2D eigenvalue weighted by Gasteiger charge is -1.99. The Kier molecular flexibility index (Phi) is 4.75. The summed E-state index contributed by atoms with van der Waals surface area (Å²) >= 11 is 1.30. The van der Waals surface area contributed by atoms with E-state index < -0.39 is 0 Å². The van der Waals surface area contributed by atoms with Crippen LogP contribution >= 0.6 is 11.3 Å².